The molecule has 7 nitrogen and oxygen atoms in total. The summed E-state index contributed by atoms with van der Waals surface area (Å²) >= 11 is 0. The second-order valence-electron chi connectivity index (χ2n) is 6.89. The predicted octanol–water partition coefficient (Wildman–Crippen LogP) is 2.53. The smallest absolute Gasteiger partial charge is 0.251 e. The standard InChI is InChI=1S/C19H25N3O4S/c1-14-7-8-15(12-16(14)21-27(2,24)25)19(23)20-13-17(18-6-5-11-26-18)22-9-3-4-10-22/h5-8,11-12,17,21H,3-4,9-10,13H2,1-2H3,(H,20,23). The topological polar surface area (TPSA) is 91.7 Å². The summed E-state index contributed by atoms with van der Waals surface area (Å²) in [5.41, 5.74) is 1.57. The molecule has 0 radical (unpaired) electrons. The van der Waals surface area contributed by atoms with E-state index in [0.717, 1.165) is 43.5 Å². The highest BCUT2D eigenvalue weighted by Crippen LogP contribution is 2.25. The van der Waals surface area contributed by atoms with Crippen molar-refractivity contribution in [3.05, 3.63) is 53.5 Å². The molecule has 1 aromatic carbocycles. The third-order valence-corrected chi connectivity index (χ3v) is 5.29. The van der Waals surface area contributed by atoms with Gasteiger partial charge in [0.25, 0.3) is 5.91 Å². The van der Waals surface area contributed by atoms with Gasteiger partial charge < -0.3 is 9.73 Å². The van der Waals surface area contributed by atoms with E-state index < -0.39 is 10.0 Å². The van der Waals surface area contributed by atoms with Gasteiger partial charge in [-0.15, -0.1) is 0 Å². The Labute approximate surface area is 159 Å². The first-order chi connectivity index (χ1) is 12.8. The maximum Gasteiger partial charge on any atom is 0.251 e. The number of nitrogens with zero attached hydrogens (tertiary/aromatic N) is 1. The van der Waals surface area contributed by atoms with Crippen molar-refractivity contribution < 1.29 is 17.6 Å². The molecule has 0 saturated carbocycles. The van der Waals surface area contributed by atoms with Crippen molar-refractivity contribution in [1.82, 2.24) is 10.2 Å². The second kappa shape index (κ2) is 8.14. The Morgan fingerprint density at radius 2 is 2.00 bits per heavy atom. The van der Waals surface area contributed by atoms with E-state index >= 15 is 0 Å². The molecular weight excluding hydrogens is 366 g/mol. The number of benzene rings is 1. The highest BCUT2D eigenvalue weighted by molar-refractivity contribution is 7.92. The van der Waals surface area contributed by atoms with Gasteiger partial charge in [-0.25, -0.2) is 8.42 Å². The van der Waals surface area contributed by atoms with E-state index in [1.54, 1.807) is 31.4 Å². The Hall–Kier alpha value is -2.32. The molecule has 0 bridgehead atoms. The Balaban J connectivity index is 1.71. The number of likely N-dealkylation sites (tertiary alicyclic amines) is 1. The molecule has 2 aromatic rings. The molecule has 1 fully saturated rings. The molecule has 0 spiro atoms. The van der Waals surface area contributed by atoms with Crippen LogP contribution in [0.1, 0.15) is 40.6 Å². The quantitative estimate of drug-likeness (QED) is 0.757. The SMILES string of the molecule is Cc1ccc(C(=O)NCC(c2ccco2)N2CCCC2)cc1NS(C)(=O)=O. The van der Waals surface area contributed by atoms with Crippen molar-refractivity contribution >= 4 is 21.6 Å². The lowest BCUT2D eigenvalue weighted by molar-refractivity contribution is 0.0934. The lowest BCUT2D eigenvalue weighted by atomic mass is 10.1. The molecule has 27 heavy (non-hydrogen) atoms. The average Bonchev–Trinajstić information content (AvgIpc) is 3.30. The first kappa shape index (κ1) is 19.4. The van der Waals surface area contributed by atoms with Gasteiger partial charge in [0, 0.05) is 12.1 Å². The van der Waals surface area contributed by atoms with Crippen LogP contribution >= 0.6 is 0 Å². The fourth-order valence-electron chi connectivity index (χ4n) is 3.31. The van der Waals surface area contributed by atoms with E-state index in [9.17, 15) is 13.2 Å². The number of rotatable bonds is 7. The van der Waals surface area contributed by atoms with Crippen LogP contribution in [-0.4, -0.2) is 45.1 Å². The van der Waals surface area contributed by atoms with E-state index in [2.05, 4.69) is 14.9 Å². The fourth-order valence-corrected chi connectivity index (χ4v) is 3.93. The van der Waals surface area contributed by atoms with E-state index in [1.807, 2.05) is 12.1 Å². The highest BCUT2D eigenvalue weighted by atomic mass is 32.2. The molecule has 1 saturated heterocycles. The van der Waals surface area contributed by atoms with Crippen molar-refractivity contribution in [1.29, 1.82) is 0 Å². The van der Waals surface area contributed by atoms with Gasteiger partial charge in [0.05, 0.1) is 24.2 Å². The largest absolute Gasteiger partial charge is 0.468 e. The van der Waals surface area contributed by atoms with Gasteiger partial charge in [0.2, 0.25) is 10.0 Å². The van der Waals surface area contributed by atoms with Crippen LogP contribution in [0.5, 0.6) is 0 Å². The van der Waals surface area contributed by atoms with Crippen molar-refractivity contribution in [2.75, 3.05) is 30.6 Å². The maximum atomic E-state index is 12.6. The van der Waals surface area contributed by atoms with Crippen molar-refractivity contribution in [3.8, 4) is 0 Å². The monoisotopic (exact) mass is 391 g/mol. The summed E-state index contributed by atoms with van der Waals surface area (Å²) in [6.45, 7) is 4.17. The van der Waals surface area contributed by atoms with Crippen LogP contribution < -0.4 is 10.0 Å². The summed E-state index contributed by atoms with van der Waals surface area (Å²) in [7, 11) is -3.41. The lowest BCUT2D eigenvalue weighted by Crippen LogP contribution is -2.36. The van der Waals surface area contributed by atoms with Crippen molar-refractivity contribution in [2.24, 2.45) is 0 Å². The van der Waals surface area contributed by atoms with Gasteiger partial charge in [-0.2, -0.15) is 0 Å². The zero-order valence-corrected chi connectivity index (χ0v) is 16.4. The van der Waals surface area contributed by atoms with Gasteiger partial charge >= 0.3 is 0 Å². The van der Waals surface area contributed by atoms with Gasteiger partial charge in [0.1, 0.15) is 5.76 Å². The number of hydrogen-bond acceptors (Lipinski definition) is 5. The summed E-state index contributed by atoms with van der Waals surface area (Å²) in [4.78, 5) is 14.9. The molecule has 3 rings (SSSR count). The van der Waals surface area contributed by atoms with E-state index in [4.69, 9.17) is 4.42 Å². The molecule has 8 heteroatoms. The minimum Gasteiger partial charge on any atom is -0.468 e. The zero-order valence-electron chi connectivity index (χ0n) is 15.6. The van der Waals surface area contributed by atoms with Gasteiger partial charge in [-0.1, -0.05) is 6.07 Å². The lowest BCUT2D eigenvalue weighted by Gasteiger charge is -2.26. The summed E-state index contributed by atoms with van der Waals surface area (Å²) in [5.74, 6) is 0.586. The van der Waals surface area contributed by atoms with Crippen LogP contribution in [0.3, 0.4) is 0 Å². The second-order valence-corrected chi connectivity index (χ2v) is 8.64. The number of sulfonamides is 1. The van der Waals surface area contributed by atoms with E-state index in [0.29, 0.717) is 17.8 Å². The summed E-state index contributed by atoms with van der Waals surface area (Å²) in [6.07, 6.45) is 5.01. The van der Waals surface area contributed by atoms with E-state index in [1.165, 1.54) is 0 Å². The van der Waals surface area contributed by atoms with Gasteiger partial charge in [-0.05, 0) is 62.7 Å². The minimum atomic E-state index is -3.41. The highest BCUT2D eigenvalue weighted by Gasteiger charge is 2.26. The maximum absolute atomic E-state index is 12.6. The molecule has 0 aliphatic carbocycles. The number of carbonyl (C=O) groups excluding carboxylic acids is 1. The number of amides is 1. The summed E-state index contributed by atoms with van der Waals surface area (Å²) < 4.78 is 31.0. The number of anilines is 1. The molecule has 1 atom stereocenters. The van der Waals surface area contributed by atoms with Crippen molar-refractivity contribution in [2.45, 2.75) is 25.8 Å². The summed E-state index contributed by atoms with van der Waals surface area (Å²) in [6, 6.07) is 8.75. The third kappa shape index (κ3) is 5.11. The Morgan fingerprint density at radius 3 is 2.63 bits per heavy atom. The molecule has 1 aliphatic rings. The number of aryl methyl sites for hydroxylation is 1. The number of nitrogens with one attached hydrogen (secondary N) is 2. The molecule has 2 heterocycles. The fraction of sp³-hybridized carbons (Fsp3) is 0.421. The Morgan fingerprint density at radius 1 is 1.26 bits per heavy atom. The van der Waals surface area contributed by atoms with Gasteiger partial charge in [-0.3, -0.25) is 14.4 Å². The van der Waals surface area contributed by atoms with Crippen LogP contribution in [0.15, 0.2) is 41.0 Å². The molecule has 146 valence electrons. The van der Waals surface area contributed by atoms with Crippen molar-refractivity contribution in [3.63, 3.8) is 0 Å². The number of hydrogen-bond donors (Lipinski definition) is 2. The van der Waals surface area contributed by atoms with E-state index in [-0.39, 0.29) is 11.9 Å². The van der Waals surface area contributed by atoms with Crippen LogP contribution in [0, 0.1) is 6.92 Å². The molecular formula is C19H25N3O4S. The molecule has 1 aromatic heterocycles. The molecule has 2 N–H and O–H groups in total. The van der Waals surface area contributed by atoms with Crippen LogP contribution in [0.2, 0.25) is 0 Å². The average molecular weight is 391 g/mol. The van der Waals surface area contributed by atoms with Gasteiger partial charge in [0.15, 0.2) is 0 Å². The Bertz CT molecular complexity index is 888. The Kier molecular flexibility index (Phi) is 5.86. The van der Waals surface area contributed by atoms with Crippen LogP contribution in [0.4, 0.5) is 5.69 Å². The molecule has 1 aliphatic heterocycles. The first-order valence-corrected chi connectivity index (χ1v) is 10.9. The molecule has 1 unspecified atom stereocenters. The zero-order chi connectivity index (χ0) is 19.4. The first-order valence-electron chi connectivity index (χ1n) is 8.97. The number of carbonyl (C=O) groups is 1. The normalized spacial score (nSPS) is 16.2. The third-order valence-electron chi connectivity index (χ3n) is 4.70. The molecule has 1 amide bonds. The minimum absolute atomic E-state index is 0.00878. The summed E-state index contributed by atoms with van der Waals surface area (Å²) in [5, 5.41) is 2.96. The number of furan rings is 1. The predicted molar refractivity (Wildman–Crippen MR) is 104 cm³/mol. The van der Waals surface area contributed by atoms with Crippen LogP contribution in [0.25, 0.3) is 0 Å². The van der Waals surface area contributed by atoms with Crippen LogP contribution in [-0.2, 0) is 10.0 Å².